The van der Waals surface area contributed by atoms with E-state index in [1.807, 2.05) is 30.3 Å². The minimum absolute atomic E-state index is 0.137. The molecule has 0 atom stereocenters. The lowest BCUT2D eigenvalue weighted by Crippen LogP contribution is -2.22. The van der Waals surface area contributed by atoms with E-state index in [0.29, 0.717) is 22.1 Å². The van der Waals surface area contributed by atoms with Gasteiger partial charge in [0.15, 0.2) is 5.13 Å². The smallest absolute Gasteiger partial charge is 0.248 e. The monoisotopic (exact) mass is 387 g/mol. The molecule has 2 aromatic carbocycles. The Kier molecular flexibility index (Phi) is 6.00. The number of carbonyl (C=O) groups is 2. The van der Waals surface area contributed by atoms with Gasteiger partial charge in [0.05, 0.1) is 11.4 Å². The van der Waals surface area contributed by atoms with Crippen molar-refractivity contribution in [3.8, 4) is 12.3 Å². The number of para-hydroxylation sites is 1. The first-order valence-corrected chi connectivity index (χ1v) is 9.32. The van der Waals surface area contributed by atoms with E-state index in [1.165, 1.54) is 29.2 Å². The van der Waals surface area contributed by atoms with Gasteiger partial charge in [0.1, 0.15) is 0 Å². The third kappa shape index (κ3) is 4.72. The molecule has 138 valence electrons. The molecule has 0 fully saturated rings. The molecular formula is C22H17N3O2S. The summed E-state index contributed by atoms with van der Waals surface area (Å²) in [5.74, 6) is 2.09. The minimum Gasteiger partial charge on any atom is -0.322 e. The SMILES string of the molecule is C#Cc1cccc(NC(=O)/C=C/c2csc(N(C(C)=O)c3ccccc3)n2)c1. The summed E-state index contributed by atoms with van der Waals surface area (Å²) in [7, 11) is 0. The first-order chi connectivity index (χ1) is 13.6. The molecule has 2 amide bonds. The Morgan fingerprint density at radius 2 is 1.96 bits per heavy atom. The summed E-state index contributed by atoms with van der Waals surface area (Å²) in [6.45, 7) is 1.49. The second-order valence-corrected chi connectivity index (χ2v) is 6.63. The maximum atomic E-state index is 12.1. The van der Waals surface area contributed by atoms with Crippen molar-refractivity contribution in [2.45, 2.75) is 6.92 Å². The van der Waals surface area contributed by atoms with Gasteiger partial charge in [0.2, 0.25) is 11.8 Å². The van der Waals surface area contributed by atoms with Crippen LogP contribution in [-0.4, -0.2) is 16.8 Å². The van der Waals surface area contributed by atoms with Gasteiger partial charge in [-0.25, -0.2) is 4.98 Å². The fourth-order valence-electron chi connectivity index (χ4n) is 2.49. The highest BCUT2D eigenvalue weighted by Crippen LogP contribution is 2.29. The van der Waals surface area contributed by atoms with Crippen LogP contribution in [0.15, 0.2) is 66.1 Å². The molecule has 1 N–H and O–H groups in total. The maximum absolute atomic E-state index is 12.1. The number of anilines is 3. The molecule has 0 spiro atoms. The van der Waals surface area contributed by atoms with Gasteiger partial charge in [-0.2, -0.15) is 0 Å². The standard InChI is InChI=1S/C22H17N3O2S/c1-3-17-8-7-9-18(14-17)23-21(27)13-12-19-15-28-22(24-19)25(16(2)26)20-10-5-4-6-11-20/h1,4-15H,2H3,(H,23,27)/b13-12+. The van der Waals surface area contributed by atoms with Gasteiger partial charge in [-0.1, -0.05) is 30.2 Å². The Hall–Kier alpha value is -3.69. The number of terminal acetylenes is 1. The van der Waals surface area contributed by atoms with Crippen LogP contribution in [0.2, 0.25) is 0 Å². The van der Waals surface area contributed by atoms with Gasteiger partial charge in [-0.15, -0.1) is 17.8 Å². The number of rotatable bonds is 5. The highest BCUT2D eigenvalue weighted by molar-refractivity contribution is 7.14. The zero-order chi connectivity index (χ0) is 19.9. The van der Waals surface area contributed by atoms with E-state index >= 15 is 0 Å². The summed E-state index contributed by atoms with van der Waals surface area (Å²) in [5, 5.41) is 5.08. The van der Waals surface area contributed by atoms with E-state index in [-0.39, 0.29) is 11.8 Å². The third-order valence-electron chi connectivity index (χ3n) is 3.73. The first-order valence-electron chi connectivity index (χ1n) is 8.44. The zero-order valence-corrected chi connectivity index (χ0v) is 15.9. The summed E-state index contributed by atoms with van der Waals surface area (Å²) in [6, 6.07) is 16.3. The Bertz CT molecular complexity index is 1060. The Labute approximate surface area is 167 Å². The highest BCUT2D eigenvalue weighted by atomic mass is 32.1. The largest absolute Gasteiger partial charge is 0.322 e. The van der Waals surface area contributed by atoms with Crippen molar-refractivity contribution in [3.05, 3.63) is 77.3 Å². The van der Waals surface area contributed by atoms with E-state index in [9.17, 15) is 9.59 Å². The van der Waals surface area contributed by atoms with Crippen LogP contribution in [-0.2, 0) is 9.59 Å². The van der Waals surface area contributed by atoms with E-state index in [4.69, 9.17) is 6.42 Å². The summed E-state index contributed by atoms with van der Waals surface area (Å²) in [4.78, 5) is 30.2. The van der Waals surface area contributed by atoms with Crippen LogP contribution in [0.1, 0.15) is 18.2 Å². The fourth-order valence-corrected chi connectivity index (χ4v) is 3.35. The van der Waals surface area contributed by atoms with Crippen molar-refractivity contribution in [2.75, 3.05) is 10.2 Å². The number of hydrogen-bond acceptors (Lipinski definition) is 4. The number of aromatic nitrogens is 1. The highest BCUT2D eigenvalue weighted by Gasteiger charge is 2.17. The molecule has 3 aromatic rings. The zero-order valence-electron chi connectivity index (χ0n) is 15.1. The first kappa shape index (κ1) is 19.1. The Morgan fingerprint density at radius 3 is 2.68 bits per heavy atom. The van der Waals surface area contributed by atoms with Crippen LogP contribution >= 0.6 is 11.3 Å². The lowest BCUT2D eigenvalue weighted by atomic mass is 10.2. The van der Waals surface area contributed by atoms with Crippen molar-refractivity contribution in [1.82, 2.24) is 4.98 Å². The molecule has 0 aliphatic carbocycles. The lowest BCUT2D eigenvalue weighted by Gasteiger charge is -2.17. The van der Waals surface area contributed by atoms with Crippen molar-refractivity contribution < 1.29 is 9.59 Å². The van der Waals surface area contributed by atoms with E-state index in [0.717, 1.165) is 5.69 Å². The molecule has 0 radical (unpaired) electrons. The molecule has 0 unspecified atom stereocenters. The molecule has 28 heavy (non-hydrogen) atoms. The molecule has 5 nitrogen and oxygen atoms in total. The molecular weight excluding hydrogens is 370 g/mol. The molecule has 3 rings (SSSR count). The van der Waals surface area contributed by atoms with Crippen molar-refractivity contribution in [3.63, 3.8) is 0 Å². The molecule has 0 aliphatic heterocycles. The van der Waals surface area contributed by atoms with E-state index in [2.05, 4.69) is 16.2 Å². The molecule has 0 saturated heterocycles. The molecule has 1 aromatic heterocycles. The predicted octanol–water partition coefficient (Wildman–Crippen LogP) is 4.46. The maximum Gasteiger partial charge on any atom is 0.248 e. The number of nitrogens with one attached hydrogen (secondary N) is 1. The molecule has 6 heteroatoms. The second kappa shape index (κ2) is 8.80. The lowest BCUT2D eigenvalue weighted by molar-refractivity contribution is -0.116. The normalized spacial score (nSPS) is 10.4. The summed E-state index contributed by atoms with van der Waals surface area (Å²) >= 11 is 1.33. The molecule has 0 bridgehead atoms. The van der Waals surface area contributed by atoms with Crippen molar-refractivity contribution >= 4 is 45.7 Å². The van der Waals surface area contributed by atoms with Crippen LogP contribution < -0.4 is 10.2 Å². The van der Waals surface area contributed by atoms with Gasteiger partial charge < -0.3 is 5.32 Å². The number of nitrogens with zero attached hydrogens (tertiary/aromatic N) is 2. The number of amides is 2. The van der Waals surface area contributed by atoms with Crippen LogP contribution in [0, 0.1) is 12.3 Å². The summed E-state index contributed by atoms with van der Waals surface area (Å²) in [5.41, 5.74) is 2.65. The average molecular weight is 387 g/mol. The number of hydrogen-bond donors (Lipinski definition) is 1. The number of benzene rings is 2. The van der Waals surface area contributed by atoms with Crippen LogP contribution in [0.5, 0.6) is 0 Å². The number of thiazole rings is 1. The van der Waals surface area contributed by atoms with Gasteiger partial charge in [0, 0.05) is 29.6 Å². The van der Waals surface area contributed by atoms with Gasteiger partial charge in [-0.3, -0.25) is 14.5 Å². The van der Waals surface area contributed by atoms with E-state index in [1.54, 1.807) is 35.7 Å². The summed E-state index contributed by atoms with van der Waals surface area (Å²) < 4.78 is 0. The molecule has 1 heterocycles. The quantitative estimate of drug-likeness (QED) is 0.519. The van der Waals surface area contributed by atoms with Gasteiger partial charge >= 0.3 is 0 Å². The average Bonchev–Trinajstić information content (AvgIpc) is 3.15. The van der Waals surface area contributed by atoms with Gasteiger partial charge in [-0.05, 0) is 36.4 Å². The Morgan fingerprint density at radius 1 is 1.18 bits per heavy atom. The van der Waals surface area contributed by atoms with Crippen LogP contribution in [0.4, 0.5) is 16.5 Å². The number of carbonyl (C=O) groups excluding carboxylic acids is 2. The molecule has 0 aliphatic rings. The van der Waals surface area contributed by atoms with Crippen molar-refractivity contribution in [2.24, 2.45) is 0 Å². The molecule has 0 saturated carbocycles. The summed E-state index contributed by atoms with van der Waals surface area (Å²) in [6.07, 6.45) is 8.35. The van der Waals surface area contributed by atoms with Crippen LogP contribution in [0.25, 0.3) is 6.08 Å². The van der Waals surface area contributed by atoms with Crippen molar-refractivity contribution in [1.29, 1.82) is 0 Å². The van der Waals surface area contributed by atoms with E-state index < -0.39 is 0 Å². The van der Waals surface area contributed by atoms with Crippen LogP contribution in [0.3, 0.4) is 0 Å². The fraction of sp³-hybridized carbons (Fsp3) is 0.0455. The Balaban J connectivity index is 1.72. The predicted molar refractivity (Wildman–Crippen MR) is 113 cm³/mol. The topological polar surface area (TPSA) is 62.3 Å². The second-order valence-electron chi connectivity index (χ2n) is 5.79. The van der Waals surface area contributed by atoms with Gasteiger partial charge in [0.25, 0.3) is 0 Å². The third-order valence-corrected chi connectivity index (χ3v) is 4.58. The minimum atomic E-state index is -0.296.